The Kier molecular flexibility index (Phi) is 6.85. The average Bonchev–Trinajstić information content (AvgIpc) is 2.61. The first-order valence-electron chi connectivity index (χ1n) is 8.67. The van der Waals surface area contributed by atoms with E-state index in [1.165, 1.54) is 30.3 Å². The Balaban J connectivity index is 2.71. The van der Waals surface area contributed by atoms with Gasteiger partial charge in [-0.15, -0.1) is 0 Å². The number of phenolic OH excluding ortho intramolecular Hbond substituents is 1. The molecule has 0 aliphatic heterocycles. The molecule has 0 spiro atoms. The van der Waals surface area contributed by atoms with Crippen molar-refractivity contribution in [1.29, 1.82) is 0 Å². The molecular weight excluding hydrogens is 402 g/mol. The molecule has 2 rings (SSSR count). The smallest absolute Gasteiger partial charge is 0.430 e. The van der Waals surface area contributed by atoms with E-state index in [0.29, 0.717) is 23.1 Å². The maximum absolute atomic E-state index is 13.7. The van der Waals surface area contributed by atoms with E-state index < -0.39 is 30.3 Å². The molecule has 0 amide bonds. The number of halogens is 6. The molecule has 0 radical (unpaired) electrons. The number of methoxy groups -OCH3 is 1. The normalized spacial score (nSPS) is 13.0. The Labute approximate surface area is 163 Å². The van der Waals surface area contributed by atoms with Gasteiger partial charge < -0.3 is 14.6 Å². The lowest BCUT2D eigenvalue weighted by atomic mass is 9.86. The summed E-state index contributed by atoms with van der Waals surface area (Å²) < 4.78 is 91.1. The van der Waals surface area contributed by atoms with Crippen LogP contribution in [0.4, 0.5) is 26.3 Å². The standard InChI is InChI=1S/C20H20F6O3/c1-3-4-14-11-15(7-10-17(14)13-5-8-16(27)9-6-13)18(19(21,22)23,20(24,25)26)29-12-28-2/h5-11,27H,3-4,12H2,1-2H3. The Hall–Kier alpha value is -2.26. The zero-order valence-corrected chi connectivity index (χ0v) is 15.7. The lowest BCUT2D eigenvalue weighted by Gasteiger charge is -2.37. The molecule has 29 heavy (non-hydrogen) atoms. The summed E-state index contributed by atoms with van der Waals surface area (Å²) in [5.41, 5.74) is -4.26. The molecule has 9 heteroatoms. The lowest BCUT2D eigenvalue weighted by molar-refractivity contribution is -0.400. The fraction of sp³-hybridized carbons (Fsp3) is 0.400. The van der Waals surface area contributed by atoms with E-state index in [4.69, 9.17) is 0 Å². The Morgan fingerprint density at radius 2 is 1.48 bits per heavy atom. The number of phenols is 1. The second-order valence-corrected chi connectivity index (χ2v) is 6.40. The molecule has 0 aliphatic carbocycles. The van der Waals surface area contributed by atoms with Gasteiger partial charge in [0.05, 0.1) is 0 Å². The molecule has 0 aliphatic rings. The number of rotatable bonds is 7. The zero-order chi connectivity index (χ0) is 21.9. The largest absolute Gasteiger partial charge is 0.508 e. The van der Waals surface area contributed by atoms with Crippen LogP contribution in [0.15, 0.2) is 42.5 Å². The molecule has 3 nitrogen and oxygen atoms in total. The van der Waals surface area contributed by atoms with Gasteiger partial charge >= 0.3 is 12.4 Å². The van der Waals surface area contributed by atoms with Crippen molar-refractivity contribution >= 4 is 0 Å². The minimum Gasteiger partial charge on any atom is -0.508 e. The highest BCUT2D eigenvalue weighted by Crippen LogP contribution is 2.53. The van der Waals surface area contributed by atoms with Gasteiger partial charge in [-0.3, -0.25) is 0 Å². The SMILES string of the molecule is CCCc1cc(C(OCOC)(C(F)(F)F)C(F)(F)F)ccc1-c1ccc(O)cc1. The van der Waals surface area contributed by atoms with E-state index in [2.05, 4.69) is 9.47 Å². The zero-order valence-electron chi connectivity index (χ0n) is 15.7. The van der Waals surface area contributed by atoms with Crippen LogP contribution >= 0.6 is 0 Å². The van der Waals surface area contributed by atoms with E-state index in [0.717, 1.165) is 19.2 Å². The van der Waals surface area contributed by atoms with Crippen LogP contribution < -0.4 is 0 Å². The van der Waals surface area contributed by atoms with Gasteiger partial charge in [0, 0.05) is 12.7 Å². The highest BCUT2D eigenvalue weighted by atomic mass is 19.4. The highest BCUT2D eigenvalue weighted by Gasteiger charge is 2.73. The first-order chi connectivity index (χ1) is 13.5. The van der Waals surface area contributed by atoms with Crippen molar-refractivity contribution in [2.24, 2.45) is 0 Å². The van der Waals surface area contributed by atoms with Gasteiger partial charge in [-0.25, -0.2) is 0 Å². The fourth-order valence-electron chi connectivity index (χ4n) is 3.09. The van der Waals surface area contributed by atoms with Crippen molar-refractivity contribution in [3.05, 3.63) is 53.6 Å². The molecule has 0 aromatic heterocycles. The van der Waals surface area contributed by atoms with Gasteiger partial charge in [-0.1, -0.05) is 43.7 Å². The van der Waals surface area contributed by atoms with Crippen molar-refractivity contribution in [1.82, 2.24) is 0 Å². The summed E-state index contributed by atoms with van der Waals surface area (Å²) in [4.78, 5) is 0. The maximum atomic E-state index is 13.7. The molecule has 0 saturated carbocycles. The lowest BCUT2D eigenvalue weighted by Crippen LogP contribution is -2.56. The van der Waals surface area contributed by atoms with Gasteiger partial charge in [0.1, 0.15) is 12.5 Å². The second kappa shape index (κ2) is 8.62. The van der Waals surface area contributed by atoms with Crippen molar-refractivity contribution in [3.63, 3.8) is 0 Å². The maximum Gasteiger partial charge on any atom is 0.430 e. The first-order valence-corrected chi connectivity index (χ1v) is 8.67. The van der Waals surface area contributed by atoms with Crippen molar-refractivity contribution in [2.45, 2.75) is 37.7 Å². The van der Waals surface area contributed by atoms with Crippen molar-refractivity contribution < 1.29 is 40.9 Å². The van der Waals surface area contributed by atoms with Gasteiger partial charge in [-0.2, -0.15) is 26.3 Å². The highest BCUT2D eigenvalue weighted by molar-refractivity contribution is 5.69. The molecular formula is C20H20F6O3. The van der Waals surface area contributed by atoms with Crippen LogP contribution in [0.25, 0.3) is 11.1 Å². The number of aromatic hydroxyl groups is 1. The van der Waals surface area contributed by atoms with Crippen LogP contribution in [-0.2, 0) is 21.5 Å². The van der Waals surface area contributed by atoms with E-state index >= 15 is 0 Å². The molecule has 0 fully saturated rings. The van der Waals surface area contributed by atoms with Gasteiger partial charge in [0.25, 0.3) is 5.60 Å². The molecule has 2 aromatic rings. The van der Waals surface area contributed by atoms with Crippen molar-refractivity contribution in [2.75, 3.05) is 13.9 Å². The van der Waals surface area contributed by atoms with Gasteiger partial charge in [-0.05, 0) is 35.2 Å². The molecule has 0 atom stereocenters. The van der Waals surface area contributed by atoms with Gasteiger partial charge in [0.15, 0.2) is 0 Å². The molecule has 0 unspecified atom stereocenters. The topological polar surface area (TPSA) is 38.7 Å². The molecule has 0 bridgehead atoms. The number of alkyl halides is 6. The van der Waals surface area contributed by atoms with E-state index in [1.54, 1.807) is 6.92 Å². The van der Waals surface area contributed by atoms with Gasteiger partial charge in [0.2, 0.25) is 0 Å². The average molecular weight is 422 g/mol. The predicted octanol–water partition coefficient (Wildman–Crippen LogP) is 5.95. The minimum atomic E-state index is -5.77. The van der Waals surface area contributed by atoms with Crippen LogP contribution in [0, 0.1) is 0 Å². The summed E-state index contributed by atoms with van der Waals surface area (Å²) in [5, 5.41) is 9.41. The van der Waals surface area contributed by atoms with E-state index in [1.807, 2.05) is 0 Å². The molecule has 160 valence electrons. The summed E-state index contributed by atoms with van der Waals surface area (Å²) in [6, 6.07) is 8.68. The number of benzene rings is 2. The number of aryl methyl sites for hydroxylation is 1. The Bertz CT molecular complexity index is 798. The van der Waals surface area contributed by atoms with Crippen molar-refractivity contribution in [3.8, 4) is 16.9 Å². The van der Waals surface area contributed by atoms with Crippen LogP contribution in [0.2, 0.25) is 0 Å². The summed E-state index contributed by atoms with van der Waals surface area (Å²) in [6.07, 6.45) is -10.8. The second-order valence-electron chi connectivity index (χ2n) is 6.40. The van der Waals surface area contributed by atoms with Crippen LogP contribution in [-0.4, -0.2) is 31.4 Å². The third-order valence-electron chi connectivity index (χ3n) is 4.40. The first kappa shape index (κ1) is 23.0. The Morgan fingerprint density at radius 3 is 1.97 bits per heavy atom. The number of ether oxygens (including phenoxy) is 2. The third kappa shape index (κ3) is 4.51. The monoisotopic (exact) mass is 422 g/mol. The predicted molar refractivity (Wildman–Crippen MR) is 94.3 cm³/mol. The van der Waals surface area contributed by atoms with Crippen LogP contribution in [0.5, 0.6) is 5.75 Å². The number of hydrogen-bond donors (Lipinski definition) is 1. The molecule has 2 aromatic carbocycles. The summed E-state index contributed by atoms with van der Waals surface area (Å²) >= 11 is 0. The number of hydrogen-bond acceptors (Lipinski definition) is 3. The molecule has 0 heterocycles. The minimum absolute atomic E-state index is 0.0106. The van der Waals surface area contributed by atoms with Crippen LogP contribution in [0.3, 0.4) is 0 Å². The molecule has 1 N–H and O–H groups in total. The van der Waals surface area contributed by atoms with E-state index in [9.17, 15) is 31.4 Å². The Morgan fingerprint density at radius 1 is 0.897 bits per heavy atom. The summed E-state index contributed by atoms with van der Waals surface area (Å²) in [5.74, 6) is -0.0106. The third-order valence-corrected chi connectivity index (χ3v) is 4.40. The fourth-order valence-corrected chi connectivity index (χ4v) is 3.09. The molecule has 0 saturated heterocycles. The quantitative estimate of drug-likeness (QED) is 0.443. The summed E-state index contributed by atoms with van der Waals surface area (Å²) in [7, 11) is 0.938. The van der Waals surface area contributed by atoms with Crippen LogP contribution in [0.1, 0.15) is 24.5 Å². The summed E-state index contributed by atoms with van der Waals surface area (Å²) in [6.45, 7) is 0.567. The van der Waals surface area contributed by atoms with E-state index in [-0.39, 0.29) is 12.2 Å².